The van der Waals surface area contributed by atoms with Crippen LogP contribution in [0.3, 0.4) is 0 Å². The highest BCUT2D eigenvalue weighted by Gasteiger charge is 2.28. The normalized spacial score (nSPS) is 18.8. The summed E-state index contributed by atoms with van der Waals surface area (Å²) in [5, 5.41) is 0. The van der Waals surface area contributed by atoms with Crippen LogP contribution >= 0.6 is 0 Å². The number of anilines is 1. The predicted molar refractivity (Wildman–Crippen MR) is 90.4 cm³/mol. The molecule has 124 valence electrons. The smallest absolute Gasteiger partial charge is 0.241 e. The minimum atomic E-state index is 0.119. The number of fused-ring (bicyclic) bond motifs is 1. The molecule has 0 aromatic heterocycles. The molecule has 0 N–H and O–H groups in total. The van der Waals surface area contributed by atoms with Crippen LogP contribution in [0.5, 0.6) is 0 Å². The zero-order valence-electron chi connectivity index (χ0n) is 14.0. The molecule has 0 aliphatic carbocycles. The maximum atomic E-state index is 12.6. The van der Waals surface area contributed by atoms with Crippen molar-refractivity contribution in [3.8, 4) is 0 Å². The average molecular weight is 315 g/mol. The Morgan fingerprint density at radius 2 is 1.87 bits per heavy atom. The Kier molecular flexibility index (Phi) is 4.66. The maximum absolute atomic E-state index is 12.6. The Morgan fingerprint density at radius 3 is 2.57 bits per heavy atom. The number of likely N-dealkylation sites (tertiary alicyclic amines) is 1. The van der Waals surface area contributed by atoms with Gasteiger partial charge in [0.2, 0.25) is 11.8 Å². The van der Waals surface area contributed by atoms with E-state index in [1.54, 1.807) is 6.92 Å². The summed E-state index contributed by atoms with van der Waals surface area (Å²) in [7, 11) is 1.87. The number of rotatable bonds is 3. The molecular weight excluding hydrogens is 290 g/mol. The first-order chi connectivity index (χ1) is 11.1. The largest absolute Gasteiger partial charge is 0.343 e. The first-order valence-corrected chi connectivity index (χ1v) is 8.40. The number of hydrogen-bond donors (Lipinski definition) is 0. The van der Waals surface area contributed by atoms with Gasteiger partial charge >= 0.3 is 0 Å². The lowest BCUT2D eigenvalue weighted by Gasteiger charge is -2.36. The Balaban J connectivity index is 1.54. The predicted octanol–water partition coefficient (Wildman–Crippen LogP) is 1.52. The third-order valence-corrected chi connectivity index (χ3v) is 5.15. The molecule has 3 rings (SSSR count). The number of benzene rings is 1. The van der Waals surface area contributed by atoms with Gasteiger partial charge in [-0.15, -0.1) is 0 Å². The summed E-state index contributed by atoms with van der Waals surface area (Å²) < 4.78 is 0. The molecule has 0 radical (unpaired) electrons. The van der Waals surface area contributed by atoms with Gasteiger partial charge < -0.3 is 9.80 Å². The van der Waals surface area contributed by atoms with Crippen LogP contribution in [0.25, 0.3) is 0 Å². The van der Waals surface area contributed by atoms with Crippen molar-refractivity contribution >= 4 is 17.5 Å². The second-order valence-electron chi connectivity index (χ2n) is 6.56. The average Bonchev–Trinajstić information content (AvgIpc) is 2.99. The number of nitrogens with zero attached hydrogens (tertiary/aromatic N) is 3. The zero-order valence-corrected chi connectivity index (χ0v) is 14.0. The van der Waals surface area contributed by atoms with Gasteiger partial charge in [-0.2, -0.15) is 0 Å². The highest BCUT2D eigenvalue weighted by Crippen LogP contribution is 2.27. The molecule has 0 bridgehead atoms. The minimum absolute atomic E-state index is 0.119. The van der Waals surface area contributed by atoms with Gasteiger partial charge in [0, 0.05) is 45.3 Å². The Hall–Kier alpha value is -1.88. The standard InChI is InChI=1S/C18H25N3O2/c1-14(22)19(2)16-8-10-20(11-9-16)13-18(23)21-12-7-15-5-3-4-6-17(15)21/h3-6,16H,7-13H2,1-2H3. The topological polar surface area (TPSA) is 43.9 Å². The van der Waals surface area contributed by atoms with E-state index in [4.69, 9.17) is 0 Å². The van der Waals surface area contributed by atoms with Crippen LogP contribution in [0.1, 0.15) is 25.3 Å². The van der Waals surface area contributed by atoms with E-state index in [1.807, 2.05) is 35.0 Å². The van der Waals surface area contributed by atoms with Crippen molar-refractivity contribution in [2.75, 3.05) is 38.1 Å². The van der Waals surface area contributed by atoms with Crippen LogP contribution in [0.4, 0.5) is 5.69 Å². The van der Waals surface area contributed by atoms with E-state index in [-0.39, 0.29) is 11.8 Å². The van der Waals surface area contributed by atoms with Crippen molar-refractivity contribution < 1.29 is 9.59 Å². The molecule has 2 amide bonds. The van der Waals surface area contributed by atoms with Crippen molar-refractivity contribution in [2.45, 2.75) is 32.2 Å². The Bertz CT molecular complexity index is 594. The van der Waals surface area contributed by atoms with Crippen LogP contribution in [0.2, 0.25) is 0 Å². The fraction of sp³-hybridized carbons (Fsp3) is 0.556. The van der Waals surface area contributed by atoms with Gasteiger partial charge in [-0.05, 0) is 30.9 Å². The lowest BCUT2D eigenvalue weighted by Crippen LogP contribution is -2.48. The number of amides is 2. The summed E-state index contributed by atoms with van der Waals surface area (Å²) in [6, 6.07) is 8.47. The van der Waals surface area contributed by atoms with Gasteiger partial charge in [0.05, 0.1) is 6.54 Å². The second kappa shape index (κ2) is 6.71. The molecule has 1 saturated heterocycles. The third-order valence-electron chi connectivity index (χ3n) is 5.15. The Morgan fingerprint density at radius 1 is 1.17 bits per heavy atom. The van der Waals surface area contributed by atoms with Crippen LogP contribution in [0.15, 0.2) is 24.3 Å². The van der Waals surface area contributed by atoms with Crippen molar-refractivity contribution in [2.24, 2.45) is 0 Å². The molecular formula is C18H25N3O2. The molecule has 1 aromatic rings. The molecule has 1 fully saturated rings. The summed E-state index contributed by atoms with van der Waals surface area (Å²) in [6.07, 6.45) is 2.84. The summed E-state index contributed by atoms with van der Waals surface area (Å²) in [4.78, 5) is 30.0. The highest BCUT2D eigenvalue weighted by molar-refractivity contribution is 5.96. The molecule has 0 saturated carbocycles. The molecule has 2 heterocycles. The summed E-state index contributed by atoms with van der Waals surface area (Å²) >= 11 is 0. The van der Waals surface area contributed by atoms with Gasteiger partial charge in [0.25, 0.3) is 0 Å². The molecule has 23 heavy (non-hydrogen) atoms. The van der Waals surface area contributed by atoms with Gasteiger partial charge in [-0.1, -0.05) is 18.2 Å². The highest BCUT2D eigenvalue weighted by atomic mass is 16.2. The monoisotopic (exact) mass is 315 g/mol. The minimum Gasteiger partial charge on any atom is -0.343 e. The van der Waals surface area contributed by atoms with Crippen LogP contribution in [0, 0.1) is 0 Å². The number of carbonyl (C=O) groups is 2. The van der Waals surface area contributed by atoms with Crippen LogP contribution in [-0.4, -0.2) is 60.9 Å². The zero-order chi connectivity index (χ0) is 16.4. The van der Waals surface area contributed by atoms with Gasteiger partial charge in [-0.25, -0.2) is 0 Å². The van der Waals surface area contributed by atoms with E-state index < -0.39 is 0 Å². The van der Waals surface area contributed by atoms with Crippen molar-refractivity contribution in [1.29, 1.82) is 0 Å². The molecule has 5 heteroatoms. The number of hydrogen-bond acceptors (Lipinski definition) is 3. The summed E-state index contributed by atoms with van der Waals surface area (Å²) in [5.41, 5.74) is 2.34. The lowest BCUT2D eigenvalue weighted by atomic mass is 10.0. The number of piperidine rings is 1. The van der Waals surface area contributed by atoms with Gasteiger partial charge in [-0.3, -0.25) is 14.5 Å². The molecule has 2 aliphatic heterocycles. The molecule has 2 aliphatic rings. The lowest BCUT2D eigenvalue weighted by molar-refractivity contribution is -0.131. The fourth-order valence-electron chi connectivity index (χ4n) is 3.60. The first kappa shape index (κ1) is 16.0. The molecule has 5 nitrogen and oxygen atoms in total. The van der Waals surface area contributed by atoms with E-state index in [9.17, 15) is 9.59 Å². The summed E-state index contributed by atoms with van der Waals surface area (Å²) in [5.74, 6) is 0.307. The molecule has 0 spiro atoms. The maximum Gasteiger partial charge on any atom is 0.241 e. The van der Waals surface area contributed by atoms with Gasteiger partial charge in [0.1, 0.15) is 0 Å². The van der Waals surface area contributed by atoms with Gasteiger partial charge in [0.15, 0.2) is 0 Å². The second-order valence-corrected chi connectivity index (χ2v) is 6.56. The Labute approximate surface area is 137 Å². The first-order valence-electron chi connectivity index (χ1n) is 8.40. The molecule has 0 atom stereocenters. The summed E-state index contributed by atoms with van der Waals surface area (Å²) in [6.45, 7) is 4.64. The van der Waals surface area contributed by atoms with E-state index in [1.165, 1.54) is 5.56 Å². The van der Waals surface area contributed by atoms with Crippen LogP contribution < -0.4 is 4.90 Å². The van der Waals surface area contributed by atoms with Crippen LogP contribution in [-0.2, 0) is 16.0 Å². The van der Waals surface area contributed by atoms with E-state index >= 15 is 0 Å². The quantitative estimate of drug-likeness (QED) is 0.849. The SMILES string of the molecule is CC(=O)N(C)C1CCN(CC(=O)N2CCc3ccccc32)CC1. The van der Waals surface area contributed by atoms with E-state index in [2.05, 4.69) is 11.0 Å². The van der Waals surface area contributed by atoms with Crippen molar-refractivity contribution in [3.63, 3.8) is 0 Å². The van der Waals surface area contributed by atoms with E-state index in [0.29, 0.717) is 12.6 Å². The van der Waals surface area contributed by atoms with Crippen molar-refractivity contribution in [3.05, 3.63) is 29.8 Å². The molecule has 1 aromatic carbocycles. The van der Waals surface area contributed by atoms with Crippen molar-refractivity contribution in [1.82, 2.24) is 9.80 Å². The van der Waals surface area contributed by atoms with E-state index in [0.717, 1.165) is 44.6 Å². The number of carbonyl (C=O) groups excluding carboxylic acids is 2. The third kappa shape index (κ3) is 3.39. The number of para-hydroxylation sites is 1. The molecule has 0 unspecified atom stereocenters. The fourth-order valence-corrected chi connectivity index (χ4v) is 3.60.